The SMILES string of the molecule is CC(N)CC(=O)N1CCCC2(CCCOC2)C1.Cl. The van der Waals surface area contributed by atoms with E-state index in [4.69, 9.17) is 10.5 Å². The maximum absolute atomic E-state index is 12.0. The molecule has 5 heteroatoms. The number of halogens is 1. The molecular formula is C13H25ClN2O2. The molecule has 0 aliphatic carbocycles. The lowest BCUT2D eigenvalue weighted by Crippen LogP contribution is -2.50. The summed E-state index contributed by atoms with van der Waals surface area (Å²) in [6, 6.07) is -0.0389. The van der Waals surface area contributed by atoms with Crippen LogP contribution in [0, 0.1) is 5.41 Å². The minimum absolute atomic E-state index is 0. The van der Waals surface area contributed by atoms with Crippen molar-refractivity contribution < 1.29 is 9.53 Å². The number of nitrogens with two attached hydrogens (primary N) is 1. The van der Waals surface area contributed by atoms with E-state index in [0.29, 0.717) is 6.42 Å². The van der Waals surface area contributed by atoms with Gasteiger partial charge in [0.1, 0.15) is 0 Å². The largest absolute Gasteiger partial charge is 0.381 e. The van der Waals surface area contributed by atoms with Gasteiger partial charge in [0.05, 0.1) is 6.61 Å². The summed E-state index contributed by atoms with van der Waals surface area (Å²) < 4.78 is 5.61. The topological polar surface area (TPSA) is 55.6 Å². The van der Waals surface area contributed by atoms with Gasteiger partial charge in [-0.1, -0.05) is 0 Å². The number of ether oxygens (including phenoxy) is 1. The molecule has 0 aromatic rings. The Kier molecular flexibility index (Phi) is 5.89. The Labute approximate surface area is 116 Å². The first-order valence-corrected chi connectivity index (χ1v) is 6.72. The average molecular weight is 277 g/mol. The average Bonchev–Trinajstić information content (AvgIpc) is 2.29. The van der Waals surface area contributed by atoms with Crippen molar-refractivity contribution in [2.75, 3.05) is 26.3 Å². The monoisotopic (exact) mass is 276 g/mol. The number of carbonyl (C=O) groups is 1. The lowest BCUT2D eigenvalue weighted by atomic mass is 9.76. The molecule has 2 rings (SSSR count). The van der Waals surface area contributed by atoms with Gasteiger partial charge in [-0.05, 0) is 32.6 Å². The maximum atomic E-state index is 12.0. The number of hydrogen-bond acceptors (Lipinski definition) is 3. The van der Waals surface area contributed by atoms with Crippen molar-refractivity contribution in [1.29, 1.82) is 0 Å². The van der Waals surface area contributed by atoms with E-state index in [-0.39, 0.29) is 29.8 Å². The third kappa shape index (κ3) is 3.84. The van der Waals surface area contributed by atoms with Gasteiger partial charge in [0.25, 0.3) is 0 Å². The molecule has 18 heavy (non-hydrogen) atoms. The van der Waals surface area contributed by atoms with E-state index in [1.165, 1.54) is 12.8 Å². The van der Waals surface area contributed by atoms with Crippen LogP contribution in [0.3, 0.4) is 0 Å². The van der Waals surface area contributed by atoms with Gasteiger partial charge in [0.2, 0.25) is 5.91 Å². The molecule has 2 saturated heterocycles. The van der Waals surface area contributed by atoms with Crippen LogP contribution in [0.15, 0.2) is 0 Å². The summed E-state index contributed by atoms with van der Waals surface area (Å²) in [7, 11) is 0. The fraction of sp³-hybridized carbons (Fsp3) is 0.923. The highest BCUT2D eigenvalue weighted by Crippen LogP contribution is 2.37. The highest BCUT2D eigenvalue weighted by Gasteiger charge is 2.38. The lowest BCUT2D eigenvalue weighted by Gasteiger charge is -2.45. The Morgan fingerprint density at radius 2 is 2.17 bits per heavy atom. The highest BCUT2D eigenvalue weighted by molar-refractivity contribution is 5.85. The van der Waals surface area contributed by atoms with E-state index in [0.717, 1.165) is 39.1 Å². The highest BCUT2D eigenvalue weighted by atomic mass is 35.5. The first kappa shape index (κ1) is 15.7. The van der Waals surface area contributed by atoms with Crippen LogP contribution in [0.4, 0.5) is 0 Å². The second-order valence-corrected chi connectivity index (χ2v) is 5.76. The first-order chi connectivity index (χ1) is 8.11. The zero-order chi connectivity index (χ0) is 12.3. The predicted molar refractivity (Wildman–Crippen MR) is 73.8 cm³/mol. The Hall–Kier alpha value is -0.320. The molecule has 2 N–H and O–H groups in total. The molecule has 4 nitrogen and oxygen atoms in total. The van der Waals surface area contributed by atoms with Crippen molar-refractivity contribution in [3.05, 3.63) is 0 Å². The fourth-order valence-electron chi connectivity index (χ4n) is 3.06. The maximum Gasteiger partial charge on any atom is 0.224 e. The standard InChI is InChI=1S/C13H24N2O2.ClH/c1-11(14)8-12(16)15-6-2-4-13(9-15)5-3-7-17-10-13;/h11H,2-10,14H2,1H3;1H. The Morgan fingerprint density at radius 1 is 1.44 bits per heavy atom. The Balaban J connectivity index is 0.00000162. The second-order valence-electron chi connectivity index (χ2n) is 5.76. The molecule has 2 unspecified atom stereocenters. The number of likely N-dealkylation sites (tertiary alicyclic amines) is 1. The predicted octanol–water partition coefficient (Wildman–Crippen LogP) is 1.56. The summed E-state index contributed by atoms with van der Waals surface area (Å²) in [5, 5.41) is 0. The first-order valence-electron chi connectivity index (χ1n) is 6.72. The van der Waals surface area contributed by atoms with Gasteiger partial charge < -0.3 is 15.4 Å². The van der Waals surface area contributed by atoms with Crippen LogP contribution in [-0.4, -0.2) is 43.2 Å². The summed E-state index contributed by atoms with van der Waals surface area (Å²) in [6.07, 6.45) is 5.12. The molecule has 0 radical (unpaired) electrons. The fourth-order valence-corrected chi connectivity index (χ4v) is 3.06. The summed E-state index contributed by atoms with van der Waals surface area (Å²) >= 11 is 0. The number of hydrogen-bond donors (Lipinski definition) is 1. The molecule has 2 aliphatic heterocycles. The molecule has 0 saturated carbocycles. The molecule has 106 valence electrons. The van der Waals surface area contributed by atoms with Gasteiger partial charge in [-0.3, -0.25) is 4.79 Å². The van der Waals surface area contributed by atoms with E-state index in [2.05, 4.69) is 0 Å². The molecule has 2 fully saturated rings. The molecule has 0 bridgehead atoms. The Morgan fingerprint density at radius 3 is 2.78 bits per heavy atom. The third-order valence-electron chi connectivity index (χ3n) is 3.91. The van der Waals surface area contributed by atoms with Crippen molar-refractivity contribution >= 4 is 18.3 Å². The van der Waals surface area contributed by atoms with E-state index >= 15 is 0 Å². The van der Waals surface area contributed by atoms with Gasteiger partial charge in [0.15, 0.2) is 0 Å². The molecule has 2 atom stereocenters. The van der Waals surface area contributed by atoms with E-state index in [1.54, 1.807) is 0 Å². The molecule has 1 amide bonds. The zero-order valence-corrected chi connectivity index (χ0v) is 12.0. The van der Waals surface area contributed by atoms with E-state index in [1.807, 2.05) is 11.8 Å². The van der Waals surface area contributed by atoms with E-state index in [9.17, 15) is 4.79 Å². The smallest absolute Gasteiger partial charge is 0.224 e. The molecule has 0 aromatic heterocycles. The van der Waals surface area contributed by atoms with Crippen molar-refractivity contribution in [1.82, 2.24) is 4.90 Å². The minimum atomic E-state index is -0.0389. The summed E-state index contributed by atoms with van der Waals surface area (Å²) in [6.45, 7) is 5.37. The zero-order valence-electron chi connectivity index (χ0n) is 11.2. The van der Waals surface area contributed by atoms with Crippen molar-refractivity contribution in [3.8, 4) is 0 Å². The molecule has 2 heterocycles. The number of piperidine rings is 1. The second kappa shape index (κ2) is 6.73. The minimum Gasteiger partial charge on any atom is -0.381 e. The number of nitrogens with zero attached hydrogens (tertiary/aromatic N) is 1. The van der Waals surface area contributed by atoms with Crippen LogP contribution >= 0.6 is 12.4 Å². The van der Waals surface area contributed by atoms with Crippen LogP contribution in [0.1, 0.15) is 39.0 Å². The number of carbonyl (C=O) groups excluding carboxylic acids is 1. The van der Waals surface area contributed by atoms with Crippen molar-refractivity contribution in [2.24, 2.45) is 11.1 Å². The molecule has 1 spiro atoms. The molecule has 2 aliphatic rings. The van der Waals surface area contributed by atoms with Gasteiger partial charge in [-0.15, -0.1) is 12.4 Å². The van der Waals surface area contributed by atoms with Gasteiger partial charge in [-0.2, -0.15) is 0 Å². The quantitative estimate of drug-likeness (QED) is 0.833. The normalized spacial score (nSPS) is 29.8. The van der Waals surface area contributed by atoms with Crippen LogP contribution in [0.5, 0.6) is 0 Å². The van der Waals surface area contributed by atoms with Crippen LogP contribution in [0.2, 0.25) is 0 Å². The summed E-state index contributed by atoms with van der Waals surface area (Å²) in [5.74, 6) is 0.213. The molecular weight excluding hydrogens is 252 g/mol. The van der Waals surface area contributed by atoms with Crippen LogP contribution in [0.25, 0.3) is 0 Å². The molecule has 0 aromatic carbocycles. The van der Waals surface area contributed by atoms with Crippen molar-refractivity contribution in [3.63, 3.8) is 0 Å². The van der Waals surface area contributed by atoms with E-state index < -0.39 is 0 Å². The summed E-state index contributed by atoms with van der Waals surface area (Å²) in [5.41, 5.74) is 5.94. The van der Waals surface area contributed by atoms with Crippen molar-refractivity contribution in [2.45, 2.75) is 45.1 Å². The van der Waals surface area contributed by atoms with Gasteiger partial charge in [0, 0.05) is 37.6 Å². The lowest BCUT2D eigenvalue weighted by molar-refractivity contribution is -0.138. The van der Waals surface area contributed by atoms with Gasteiger partial charge >= 0.3 is 0 Å². The summed E-state index contributed by atoms with van der Waals surface area (Å²) in [4.78, 5) is 14.0. The number of rotatable bonds is 2. The van der Waals surface area contributed by atoms with Gasteiger partial charge in [-0.25, -0.2) is 0 Å². The number of amides is 1. The third-order valence-corrected chi connectivity index (χ3v) is 3.91. The Bertz CT molecular complexity index is 273. The van der Waals surface area contributed by atoms with Crippen LogP contribution in [-0.2, 0) is 9.53 Å². The van der Waals surface area contributed by atoms with Crippen LogP contribution < -0.4 is 5.73 Å².